The van der Waals surface area contributed by atoms with Crippen LogP contribution in [0.25, 0.3) is 17.1 Å². The Balaban J connectivity index is 1.46. The molecule has 0 unspecified atom stereocenters. The average molecular weight is 463 g/mol. The van der Waals surface area contributed by atoms with Crippen LogP contribution in [0.5, 0.6) is 0 Å². The van der Waals surface area contributed by atoms with E-state index >= 15 is 0 Å². The fraction of sp³-hybridized carbons (Fsp3) is 0.0870. The molecular formula is C23H19FN6O2S. The third-order valence-electron chi connectivity index (χ3n) is 4.53. The number of benzene rings is 2. The summed E-state index contributed by atoms with van der Waals surface area (Å²) < 4.78 is 16.1. The molecule has 4 aromatic rings. The van der Waals surface area contributed by atoms with Crippen LogP contribution in [-0.4, -0.2) is 37.4 Å². The molecule has 2 N–H and O–H groups in total. The van der Waals surface area contributed by atoms with Gasteiger partial charge >= 0.3 is 6.03 Å². The molecule has 0 fully saturated rings. The predicted molar refractivity (Wildman–Crippen MR) is 122 cm³/mol. The number of urea groups is 1. The molecule has 2 aromatic carbocycles. The van der Waals surface area contributed by atoms with Crippen molar-refractivity contribution in [3.63, 3.8) is 0 Å². The molecule has 0 aliphatic heterocycles. The van der Waals surface area contributed by atoms with Gasteiger partial charge in [0.15, 0.2) is 11.0 Å². The molecule has 0 saturated heterocycles. The molecule has 3 amide bonds. The van der Waals surface area contributed by atoms with Crippen molar-refractivity contribution in [3.8, 4) is 17.1 Å². The predicted octanol–water partition coefficient (Wildman–Crippen LogP) is 3.59. The second kappa shape index (κ2) is 10.5. The summed E-state index contributed by atoms with van der Waals surface area (Å²) in [7, 11) is 0. The maximum absolute atomic E-state index is 14.6. The number of nitrogens with zero attached hydrogens (tertiary/aromatic N) is 4. The molecule has 0 aliphatic rings. The first-order valence-corrected chi connectivity index (χ1v) is 11.0. The van der Waals surface area contributed by atoms with Gasteiger partial charge in [0.2, 0.25) is 5.91 Å². The summed E-state index contributed by atoms with van der Waals surface area (Å²) in [6.07, 6.45) is 3.22. The highest BCUT2D eigenvalue weighted by Gasteiger charge is 2.20. The number of carbonyl (C=O) groups is 2. The Hall–Kier alpha value is -4.05. The van der Waals surface area contributed by atoms with Crippen molar-refractivity contribution in [2.45, 2.75) is 11.7 Å². The third kappa shape index (κ3) is 5.60. The van der Waals surface area contributed by atoms with Gasteiger partial charge in [-0.1, -0.05) is 54.2 Å². The maximum Gasteiger partial charge on any atom is 0.321 e. The van der Waals surface area contributed by atoms with E-state index in [-0.39, 0.29) is 11.4 Å². The SMILES string of the molecule is O=C(CSc1nnc(-c2cccnc2)n1-c1ccccc1F)NC(=O)NCc1ccccc1. The number of rotatable bonds is 7. The molecule has 33 heavy (non-hydrogen) atoms. The molecule has 0 aliphatic carbocycles. The number of thioether (sulfide) groups is 1. The molecule has 0 radical (unpaired) electrons. The molecule has 8 nitrogen and oxygen atoms in total. The monoisotopic (exact) mass is 462 g/mol. The van der Waals surface area contributed by atoms with Gasteiger partial charge in [0.05, 0.1) is 11.4 Å². The van der Waals surface area contributed by atoms with Crippen molar-refractivity contribution >= 4 is 23.7 Å². The molecule has 2 aromatic heterocycles. The summed E-state index contributed by atoms with van der Waals surface area (Å²) in [6, 6.07) is 18.5. The van der Waals surface area contributed by atoms with Crippen LogP contribution in [0.15, 0.2) is 84.3 Å². The first kappa shape index (κ1) is 22.2. The number of hydrogen-bond acceptors (Lipinski definition) is 6. The molecule has 2 heterocycles. The molecule has 10 heteroatoms. The highest BCUT2D eigenvalue weighted by molar-refractivity contribution is 7.99. The van der Waals surface area contributed by atoms with Crippen molar-refractivity contribution in [1.82, 2.24) is 30.4 Å². The summed E-state index contributed by atoms with van der Waals surface area (Å²) in [5, 5.41) is 13.5. The van der Waals surface area contributed by atoms with Crippen LogP contribution in [0, 0.1) is 5.82 Å². The van der Waals surface area contributed by atoms with Gasteiger partial charge in [0, 0.05) is 24.5 Å². The maximum atomic E-state index is 14.6. The molecule has 0 atom stereocenters. The Morgan fingerprint density at radius 2 is 1.76 bits per heavy atom. The minimum absolute atomic E-state index is 0.113. The number of amides is 3. The number of aromatic nitrogens is 4. The van der Waals surface area contributed by atoms with E-state index in [4.69, 9.17) is 0 Å². The number of pyridine rings is 1. The van der Waals surface area contributed by atoms with Crippen molar-refractivity contribution in [2.75, 3.05) is 5.75 Å². The second-order valence-electron chi connectivity index (χ2n) is 6.84. The number of imide groups is 1. The van der Waals surface area contributed by atoms with E-state index in [2.05, 4.69) is 25.8 Å². The van der Waals surface area contributed by atoms with E-state index in [9.17, 15) is 14.0 Å². The van der Waals surface area contributed by atoms with Crippen molar-refractivity contribution < 1.29 is 14.0 Å². The Morgan fingerprint density at radius 3 is 2.52 bits per heavy atom. The molecule has 0 spiro atoms. The van der Waals surface area contributed by atoms with Crippen LogP contribution < -0.4 is 10.6 Å². The lowest BCUT2D eigenvalue weighted by atomic mass is 10.2. The Kier molecular flexibility index (Phi) is 7.06. The number of para-hydroxylation sites is 1. The fourth-order valence-electron chi connectivity index (χ4n) is 3.01. The number of halogens is 1. The Bertz CT molecular complexity index is 1250. The molecule has 166 valence electrons. The first-order chi connectivity index (χ1) is 16.1. The van der Waals surface area contributed by atoms with Crippen LogP contribution in [0.2, 0.25) is 0 Å². The van der Waals surface area contributed by atoms with Crippen molar-refractivity contribution in [2.24, 2.45) is 0 Å². The normalized spacial score (nSPS) is 10.6. The van der Waals surface area contributed by atoms with Crippen LogP contribution in [0.3, 0.4) is 0 Å². The number of carbonyl (C=O) groups excluding carboxylic acids is 2. The van der Waals surface area contributed by atoms with E-state index in [1.54, 1.807) is 42.7 Å². The van der Waals surface area contributed by atoms with Crippen LogP contribution in [-0.2, 0) is 11.3 Å². The van der Waals surface area contributed by atoms with E-state index < -0.39 is 17.8 Å². The van der Waals surface area contributed by atoms with Gasteiger partial charge in [-0.05, 0) is 29.8 Å². The zero-order valence-corrected chi connectivity index (χ0v) is 18.1. The van der Waals surface area contributed by atoms with Crippen LogP contribution in [0.4, 0.5) is 9.18 Å². The lowest BCUT2D eigenvalue weighted by Gasteiger charge is -2.11. The topological polar surface area (TPSA) is 102 Å². The van der Waals surface area contributed by atoms with Gasteiger partial charge in [-0.25, -0.2) is 9.18 Å². The second-order valence-corrected chi connectivity index (χ2v) is 7.78. The Labute approximate surface area is 193 Å². The summed E-state index contributed by atoms with van der Waals surface area (Å²) in [6.45, 7) is 0.295. The van der Waals surface area contributed by atoms with E-state index in [1.807, 2.05) is 30.3 Å². The molecule has 0 bridgehead atoms. The van der Waals surface area contributed by atoms with Gasteiger partial charge in [-0.15, -0.1) is 10.2 Å². The first-order valence-electron chi connectivity index (χ1n) is 9.97. The Morgan fingerprint density at radius 1 is 0.970 bits per heavy atom. The highest BCUT2D eigenvalue weighted by Crippen LogP contribution is 2.28. The fourth-order valence-corrected chi connectivity index (χ4v) is 3.76. The van der Waals surface area contributed by atoms with Gasteiger partial charge in [-0.3, -0.25) is 19.7 Å². The van der Waals surface area contributed by atoms with Gasteiger partial charge < -0.3 is 5.32 Å². The van der Waals surface area contributed by atoms with E-state index in [0.717, 1.165) is 17.3 Å². The highest BCUT2D eigenvalue weighted by atomic mass is 32.2. The summed E-state index contributed by atoms with van der Waals surface area (Å²) >= 11 is 1.04. The molecule has 4 rings (SSSR count). The minimum Gasteiger partial charge on any atom is -0.334 e. The van der Waals surface area contributed by atoms with Gasteiger partial charge in [0.25, 0.3) is 0 Å². The smallest absolute Gasteiger partial charge is 0.321 e. The van der Waals surface area contributed by atoms with Crippen LogP contribution >= 0.6 is 11.8 Å². The van der Waals surface area contributed by atoms with E-state index in [1.165, 1.54) is 10.6 Å². The summed E-state index contributed by atoms with van der Waals surface area (Å²) in [5.41, 5.74) is 1.80. The summed E-state index contributed by atoms with van der Waals surface area (Å²) in [5.74, 6) is -0.708. The number of nitrogens with one attached hydrogen (secondary N) is 2. The van der Waals surface area contributed by atoms with Crippen LogP contribution in [0.1, 0.15) is 5.56 Å². The number of hydrogen-bond donors (Lipinski definition) is 2. The zero-order valence-electron chi connectivity index (χ0n) is 17.3. The third-order valence-corrected chi connectivity index (χ3v) is 5.46. The zero-order chi connectivity index (χ0) is 23.0. The van der Waals surface area contributed by atoms with Crippen molar-refractivity contribution in [3.05, 3.63) is 90.5 Å². The van der Waals surface area contributed by atoms with E-state index in [0.29, 0.717) is 23.1 Å². The summed E-state index contributed by atoms with van der Waals surface area (Å²) in [4.78, 5) is 28.4. The minimum atomic E-state index is -0.601. The average Bonchev–Trinajstić information content (AvgIpc) is 3.27. The van der Waals surface area contributed by atoms with Gasteiger partial charge in [-0.2, -0.15) is 0 Å². The molecule has 0 saturated carbocycles. The molecular weight excluding hydrogens is 443 g/mol. The largest absolute Gasteiger partial charge is 0.334 e. The van der Waals surface area contributed by atoms with Crippen molar-refractivity contribution in [1.29, 1.82) is 0 Å². The van der Waals surface area contributed by atoms with Gasteiger partial charge in [0.1, 0.15) is 5.82 Å². The standard InChI is InChI=1S/C23H19FN6O2S/c24-18-10-4-5-11-19(18)30-21(17-9-6-12-25-14-17)28-29-23(30)33-15-20(31)27-22(32)26-13-16-7-2-1-3-8-16/h1-12,14H,13,15H2,(H2,26,27,31,32). The lowest BCUT2D eigenvalue weighted by Crippen LogP contribution is -2.40. The lowest BCUT2D eigenvalue weighted by molar-refractivity contribution is -0.117. The quantitative estimate of drug-likeness (QED) is 0.407.